The summed E-state index contributed by atoms with van der Waals surface area (Å²) < 4.78 is 43.4. The van der Waals surface area contributed by atoms with E-state index in [9.17, 15) is 22.8 Å². The molecule has 1 amide bonds. The van der Waals surface area contributed by atoms with Crippen LogP contribution in [0.4, 0.5) is 24.8 Å². The van der Waals surface area contributed by atoms with Crippen molar-refractivity contribution in [3.8, 4) is 5.88 Å². The van der Waals surface area contributed by atoms with Crippen LogP contribution in [0, 0.1) is 5.92 Å². The highest BCUT2D eigenvalue weighted by Gasteiger charge is 2.76. The lowest BCUT2D eigenvalue weighted by molar-refractivity contribution is -0.774. The van der Waals surface area contributed by atoms with E-state index >= 15 is 0 Å². The minimum atomic E-state index is -4.47. The molecule has 2 fully saturated rings. The first-order chi connectivity index (χ1) is 18.8. The maximum Gasteiger partial charge on any atom is 0.422 e. The number of carbonyl (C=O) groups excluding carboxylic acids is 2. The van der Waals surface area contributed by atoms with Crippen LogP contribution in [-0.2, 0) is 4.79 Å². The van der Waals surface area contributed by atoms with Crippen LogP contribution < -0.4 is 15.0 Å². The molecule has 12 heteroatoms. The number of nitrogens with zero attached hydrogens (tertiary/aromatic N) is 5. The van der Waals surface area contributed by atoms with Gasteiger partial charge >= 0.3 is 12.1 Å². The summed E-state index contributed by atoms with van der Waals surface area (Å²) in [6.45, 7) is 8.61. The highest BCUT2D eigenvalue weighted by atomic mass is 19.4. The number of pyridine rings is 2. The summed E-state index contributed by atoms with van der Waals surface area (Å²) >= 11 is 0. The number of alkyl halides is 3. The van der Waals surface area contributed by atoms with E-state index in [4.69, 9.17) is 4.74 Å². The van der Waals surface area contributed by atoms with E-state index in [1.165, 1.54) is 6.07 Å². The number of piperazine rings is 1. The van der Waals surface area contributed by atoms with E-state index in [0.717, 1.165) is 30.8 Å². The van der Waals surface area contributed by atoms with Gasteiger partial charge in [-0.15, -0.1) is 0 Å². The number of aldehydes is 1. The van der Waals surface area contributed by atoms with Crippen LogP contribution in [0.3, 0.4) is 0 Å². The lowest BCUT2D eigenvalue weighted by Gasteiger charge is -2.39. The van der Waals surface area contributed by atoms with Gasteiger partial charge < -0.3 is 24.6 Å². The maximum atomic E-state index is 14.3. The van der Waals surface area contributed by atoms with Gasteiger partial charge in [0.15, 0.2) is 12.6 Å². The number of quaternary nitrogens is 1. The van der Waals surface area contributed by atoms with Crippen molar-refractivity contribution in [1.29, 1.82) is 0 Å². The first-order valence-corrected chi connectivity index (χ1v) is 13.5. The fourth-order valence-electron chi connectivity index (χ4n) is 6.12. The van der Waals surface area contributed by atoms with Crippen molar-refractivity contribution < 1.29 is 32.0 Å². The third kappa shape index (κ3) is 5.51. The van der Waals surface area contributed by atoms with Crippen LogP contribution in [0.25, 0.3) is 0 Å². The molecular formula is C28H38F3N6O3+. The second-order valence-electron chi connectivity index (χ2n) is 11.1. The second kappa shape index (κ2) is 11.3. The van der Waals surface area contributed by atoms with E-state index in [1.54, 1.807) is 19.3 Å². The van der Waals surface area contributed by atoms with Crippen LogP contribution in [0.5, 0.6) is 5.88 Å². The number of halogens is 3. The van der Waals surface area contributed by atoms with Crippen LogP contribution in [0.1, 0.15) is 49.7 Å². The SMILES string of the molecule is CC(C)C=O.CNc1cc(C(C)[N+]23C(=O)c4ccc(OCC(F)(F)F)nc4N4CCN(C)CC4C2C3C)ccn1. The highest BCUT2D eigenvalue weighted by molar-refractivity contribution is 5.97. The minimum absolute atomic E-state index is 0.00706. The molecule has 0 aromatic carbocycles. The number of hydrogen-bond donors (Lipinski definition) is 1. The number of nitrogens with one attached hydrogen (secondary N) is 1. The predicted molar refractivity (Wildman–Crippen MR) is 145 cm³/mol. The van der Waals surface area contributed by atoms with Crippen LogP contribution >= 0.6 is 0 Å². The predicted octanol–water partition coefficient (Wildman–Crippen LogP) is 3.92. The molecule has 218 valence electrons. The van der Waals surface area contributed by atoms with Gasteiger partial charge in [0.1, 0.15) is 41.6 Å². The molecule has 0 spiro atoms. The molecule has 0 bridgehead atoms. The summed E-state index contributed by atoms with van der Waals surface area (Å²) in [4.78, 5) is 36.9. The van der Waals surface area contributed by atoms with Crippen LogP contribution in [0.15, 0.2) is 30.5 Å². The number of ether oxygens (including phenoxy) is 1. The Labute approximate surface area is 232 Å². The summed E-state index contributed by atoms with van der Waals surface area (Å²) in [7, 11) is 3.86. The average Bonchev–Trinajstić information content (AvgIpc) is 3.57. The Hall–Kier alpha value is -3.25. The molecule has 2 saturated heterocycles. The molecular weight excluding hydrogens is 525 g/mol. The molecule has 5 rings (SSSR count). The normalized spacial score (nSPS) is 26.4. The van der Waals surface area contributed by atoms with Gasteiger partial charge in [0.2, 0.25) is 5.88 Å². The van der Waals surface area contributed by atoms with Crippen molar-refractivity contribution in [1.82, 2.24) is 14.9 Å². The standard InChI is InChI=1S/C24H30F3N6O2.C4H8O/c1-14(16-7-8-29-19(11-16)28-3)33-15(2)21(33)18-12-31(4)9-10-32(18)22-17(23(33)34)5-6-20(30-22)35-13-24(25,26)27;1-4(2)3-5/h5-8,11,14-15,18,21H,9-10,12-13H2,1-4H3,(H,28,29);3-4H,1-2H3/q+1;. The third-order valence-corrected chi connectivity index (χ3v) is 8.11. The Morgan fingerprint density at radius 2 is 1.93 bits per heavy atom. The van der Waals surface area contributed by atoms with Crippen molar-refractivity contribution in [2.45, 2.75) is 58.0 Å². The smallest absolute Gasteiger partial charge is 0.422 e. The van der Waals surface area contributed by atoms with Gasteiger partial charge in [-0.05, 0) is 39.1 Å². The van der Waals surface area contributed by atoms with Gasteiger partial charge in [-0.3, -0.25) is 0 Å². The Kier molecular flexibility index (Phi) is 8.41. The first-order valence-electron chi connectivity index (χ1n) is 13.5. The fraction of sp³-hybridized carbons (Fsp3) is 0.571. The summed E-state index contributed by atoms with van der Waals surface area (Å²) in [6, 6.07) is 6.82. The van der Waals surface area contributed by atoms with Crippen LogP contribution in [0.2, 0.25) is 0 Å². The summed E-state index contributed by atoms with van der Waals surface area (Å²) in [6.07, 6.45) is -1.81. The topological polar surface area (TPSA) is 87.7 Å². The molecule has 2 aromatic heterocycles. The van der Waals surface area contributed by atoms with Crippen molar-refractivity contribution in [2.75, 3.05) is 50.6 Å². The number of likely N-dealkylation sites (N-methyl/N-ethyl adjacent to an activating group) is 1. The number of amides is 1. The van der Waals surface area contributed by atoms with Gasteiger partial charge in [0.25, 0.3) is 0 Å². The molecule has 0 radical (unpaired) electrons. The molecule has 40 heavy (non-hydrogen) atoms. The van der Waals surface area contributed by atoms with E-state index < -0.39 is 12.8 Å². The minimum Gasteiger partial charge on any atom is -0.468 e. The maximum absolute atomic E-state index is 14.3. The largest absolute Gasteiger partial charge is 0.468 e. The average molecular weight is 564 g/mol. The number of anilines is 2. The van der Waals surface area contributed by atoms with Gasteiger partial charge in [0, 0.05) is 50.4 Å². The lowest BCUT2D eigenvalue weighted by atomic mass is 10.1. The Morgan fingerprint density at radius 1 is 1.23 bits per heavy atom. The van der Waals surface area contributed by atoms with Crippen molar-refractivity contribution in [2.24, 2.45) is 5.92 Å². The number of carbonyl (C=O) groups is 2. The highest BCUT2D eigenvalue weighted by Crippen LogP contribution is 2.56. The Bertz CT molecular complexity index is 1240. The van der Waals surface area contributed by atoms with E-state index in [-0.39, 0.29) is 46.4 Å². The first kappa shape index (κ1) is 29.7. The van der Waals surface area contributed by atoms with Crippen molar-refractivity contribution >= 4 is 23.8 Å². The van der Waals surface area contributed by atoms with E-state index in [2.05, 4.69) is 46.0 Å². The molecule has 3 aliphatic heterocycles. The fourth-order valence-corrected chi connectivity index (χ4v) is 6.12. The molecule has 5 unspecified atom stereocenters. The van der Waals surface area contributed by atoms with Crippen LogP contribution in [-0.4, -0.2) is 96.2 Å². The lowest BCUT2D eigenvalue weighted by Crippen LogP contribution is -2.56. The van der Waals surface area contributed by atoms with E-state index in [1.807, 2.05) is 26.0 Å². The molecule has 2 aromatic rings. The quantitative estimate of drug-likeness (QED) is 0.322. The van der Waals surface area contributed by atoms with Gasteiger partial charge in [0.05, 0.1) is 0 Å². The molecule has 1 N–H and O–H groups in total. The molecule has 3 aliphatic rings. The molecule has 9 nitrogen and oxygen atoms in total. The zero-order chi connectivity index (χ0) is 29.4. The number of fused-ring (bicyclic) bond motifs is 5. The van der Waals surface area contributed by atoms with Crippen molar-refractivity contribution in [3.05, 3.63) is 41.6 Å². The zero-order valence-corrected chi connectivity index (χ0v) is 23.8. The van der Waals surface area contributed by atoms with Gasteiger partial charge in [-0.2, -0.15) is 18.2 Å². The zero-order valence-electron chi connectivity index (χ0n) is 23.8. The number of hydrogen-bond acceptors (Lipinski definition) is 8. The summed E-state index contributed by atoms with van der Waals surface area (Å²) in [5, 5.41) is 3.06. The monoisotopic (exact) mass is 563 g/mol. The Morgan fingerprint density at radius 3 is 2.55 bits per heavy atom. The number of aromatic nitrogens is 2. The molecule has 0 saturated carbocycles. The second-order valence-corrected chi connectivity index (χ2v) is 11.1. The molecule has 5 atom stereocenters. The van der Waals surface area contributed by atoms with Gasteiger partial charge in [-0.25, -0.2) is 14.3 Å². The molecule has 0 aliphatic carbocycles. The third-order valence-electron chi connectivity index (χ3n) is 8.11. The summed E-state index contributed by atoms with van der Waals surface area (Å²) in [5.41, 5.74) is 1.44. The molecule has 5 heterocycles. The van der Waals surface area contributed by atoms with E-state index in [0.29, 0.717) is 17.9 Å². The van der Waals surface area contributed by atoms with Gasteiger partial charge in [-0.1, -0.05) is 13.8 Å². The number of rotatable bonds is 6. The van der Waals surface area contributed by atoms with Crippen molar-refractivity contribution in [3.63, 3.8) is 0 Å². The summed E-state index contributed by atoms with van der Waals surface area (Å²) in [5.74, 6) is 1.17. The Balaban J connectivity index is 0.000000681.